The first-order valence-electron chi connectivity index (χ1n) is 6.93. The van der Waals surface area contributed by atoms with Crippen LogP contribution in [-0.4, -0.2) is 27.3 Å². The van der Waals surface area contributed by atoms with Crippen LogP contribution in [0.1, 0.15) is 31.9 Å². The first-order chi connectivity index (χ1) is 10.2. The van der Waals surface area contributed by atoms with Gasteiger partial charge in [-0.1, -0.05) is 12.1 Å². The van der Waals surface area contributed by atoms with E-state index in [2.05, 4.69) is 0 Å². The number of aryl methyl sites for hydroxylation is 1. The van der Waals surface area contributed by atoms with Crippen molar-refractivity contribution < 1.29 is 19.4 Å². The average Bonchev–Trinajstić information content (AvgIpc) is 2.72. The van der Waals surface area contributed by atoms with Crippen molar-refractivity contribution in [3.63, 3.8) is 0 Å². The Morgan fingerprint density at radius 3 is 2.55 bits per heavy atom. The smallest absolute Gasteiger partial charge is 0.419 e. The average molecular weight is 301 g/mol. The first kappa shape index (κ1) is 15.8. The molecule has 22 heavy (non-hydrogen) atoms. The van der Waals surface area contributed by atoms with Gasteiger partial charge in [0, 0.05) is 23.2 Å². The van der Waals surface area contributed by atoms with E-state index in [1.807, 2.05) is 25.1 Å². The van der Waals surface area contributed by atoms with Crippen LogP contribution in [0.5, 0.6) is 0 Å². The fourth-order valence-electron chi connectivity index (χ4n) is 2.12. The molecule has 0 saturated carbocycles. The Hall–Kier alpha value is -2.56. The van der Waals surface area contributed by atoms with Gasteiger partial charge in [-0.15, -0.1) is 0 Å². The van der Waals surface area contributed by atoms with E-state index in [0.717, 1.165) is 17.0 Å². The zero-order valence-corrected chi connectivity index (χ0v) is 13.1. The van der Waals surface area contributed by atoms with E-state index in [1.165, 1.54) is 10.6 Å². The molecule has 5 nitrogen and oxygen atoms in total. The summed E-state index contributed by atoms with van der Waals surface area (Å²) in [6.07, 6.45) is 3.63. The predicted octanol–water partition coefficient (Wildman–Crippen LogP) is 3.83. The largest absolute Gasteiger partial charge is 0.478 e. The predicted molar refractivity (Wildman–Crippen MR) is 85.0 cm³/mol. The van der Waals surface area contributed by atoms with Crippen LogP contribution in [0.2, 0.25) is 0 Å². The van der Waals surface area contributed by atoms with Crippen molar-refractivity contribution in [3.05, 3.63) is 41.6 Å². The maximum Gasteiger partial charge on any atom is 0.419 e. The second-order valence-electron chi connectivity index (χ2n) is 6.13. The van der Waals surface area contributed by atoms with Gasteiger partial charge in [0.1, 0.15) is 5.60 Å². The quantitative estimate of drug-likeness (QED) is 0.856. The normalized spacial score (nSPS) is 12.0. The SMILES string of the molecule is Cc1ccc2c(C=CC(=O)O)cn(C(=O)OC(C)(C)C)c2c1. The number of carboxylic acids is 1. The summed E-state index contributed by atoms with van der Waals surface area (Å²) in [5, 5.41) is 9.57. The molecular formula is C17H19NO4. The van der Waals surface area contributed by atoms with Crippen molar-refractivity contribution >= 4 is 29.0 Å². The number of nitrogens with zero attached hydrogens (tertiary/aromatic N) is 1. The van der Waals surface area contributed by atoms with E-state index >= 15 is 0 Å². The van der Waals surface area contributed by atoms with Gasteiger partial charge in [-0.2, -0.15) is 0 Å². The summed E-state index contributed by atoms with van der Waals surface area (Å²) in [5.74, 6) is -1.04. The van der Waals surface area contributed by atoms with Crippen molar-refractivity contribution in [3.8, 4) is 0 Å². The third kappa shape index (κ3) is 3.55. The summed E-state index contributed by atoms with van der Waals surface area (Å²) in [6.45, 7) is 7.33. The maximum absolute atomic E-state index is 12.3. The van der Waals surface area contributed by atoms with Gasteiger partial charge in [-0.05, 0) is 45.4 Å². The Morgan fingerprint density at radius 1 is 1.27 bits per heavy atom. The molecule has 5 heteroatoms. The number of benzene rings is 1. The van der Waals surface area contributed by atoms with Gasteiger partial charge in [0.05, 0.1) is 5.52 Å². The standard InChI is InChI=1S/C17H19NO4/c1-11-5-7-13-12(6-8-15(19)20)10-18(14(13)9-11)16(21)22-17(2,3)4/h5-10H,1-4H3,(H,19,20). The molecule has 0 aliphatic rings. The molecule has 0 amide bonds. The number of aliphatic carboxylic acids is 1. The number of hydrogen-bond acceptors (Lipinski definition) is 3. The fourth-order valence-corrected chi connectivity index (χ4v) is 2.12. The van der Waals surface area contributed by atoms with E-state index < -0.39 is 17.7 Å². The lowest BCUT2D eigenvalue weighted by molar-refractivity contribution is -0.131. The molecule has 0 spiro atoms. The molecule has 0 aliphatic heterocycles. The minimum absolute atomic E-state index is 0.488. The van der Waals surface area contributed by atoms with Gasteiger partial charge in [-0.25, -0.2) is 9.59 Å². The van der Waals surface area contributed by atoms with Crippen molar-refractivity contribution in [2.75, 3.05) is 0 Å². The van der Waals surface area contributed by atoms with E-state index in [9.17, 15) is 9.59 Å². The van der Waals surface area contributed by atoms with E-state index in [1.54, 1.807) is 27.0 Å². The van der Waals surface area contributed by atoms with Gasteiger partial charge >= 0.3 is 12.1 Å². The number of aromatic nitrogens is 1. The zero-order chi connectivity index (χ0) is 16.5. The molecule has 0 radical (unpaired) electrons. The lowest BCUT2D eigenvalue weighted by atomic mass is 10.1. The molecule has 116 valence electrons. The number of carboxylic acid groups (broad SMARTS) is 1. The molecule has 0 saturated heterocycles. The van der Waals surface area contributed by atoms with Crippen LogP contribution in [0.25, 0.3) is 17.0 Å². The van der Waals surface area contributed by atoms with Crippen LogP contribution in [0.3, 0.4) is 0 Å². The Labute approximate surface area is 128 Å². The molecule has 0 unspecified atom stereocenters. The molecule has 2 rings (SSSR count). The Morgan fingerprint density at radius 2 is 1.95 bits per heavy atom. The highest BCUT2D eigenvalue weighted by atomic mass is 16.6. The van der Waals surface area contributed by atoms with Gasteiger partial charge in [-0.3, -0.25) is 4.57 Å². The number of ether oxygens (including phenoxy) is 1. The van der Waals surface area contributed by atoms with Crippen molar-refractivity contribution in [1.29, 1.82) is 0 Å². The Kier molecular flexibility index (Phi) is 4.08. The Balaban J connectivity index is 2.56. The van der Waals surface area contributed by atoms with Crippen LogP contribution in [0.4, 0.5) is 4.79 Å². The fraction of sp³-hybridized carbons (Fsp3) is 0.294. The molecule has 2 aromatic rings. The lowest BCUT2D eigenvalue weighted by Crippen LogP contribution is -2.26. The second kappa shape index (κ2) is 5.67. The minimum Gasteiger partial charge on any atom is -0.478 e. The number of rotatable bonds is 2. The number of fused-ring (bicyclic) bond motifs is 1. The van der Waals surface area contributed by atoms with Crippen molar-refractivity contribution in [2.24, 2.45) is 0 Å². The van der Waals surface area contributed by atoms with Gasteiger partial charge in [0.25, 0.3) is 0 Å². The van der Waals surface area contributed by atoms with E-state index in [0.29, 0.717) is 11.1 Å². The third-order valence-electron chi connectivity index (χ3n) is 2.99. The maximum atomic E-state index is 12.3. The monoisotopic (exact) mass is 301 g/mol. The van der Waals surface area contributed by atoms with Gasteiger partial charge < -0.3 is 9.84 Å². The van der Waals surface area contributed by atoms with Gasteiger partial charge in [0.2, 0.25) is 0 Å². The van der Waals surface area contributed by atoms with Crippen molar-refractivity contribution in [1.82, 2.24) is 4.57 Å². The summed E-state index contributed by atoms with van der Waals surface area (Å²) >= 11 is 0. The van der Waals surface area contributed by atoms with Crippen molar-refractivity contribution in [2.45, 2.75) is 33.3 Å². The molecule has 0 aliphatic carbocycles. The highest BCUT2D eigenvalue weighted by Crippen LogP contribution is 2.25. The molecule has 1 heterocycles. The summed E-state index contributed by atoms with van der Waals surface area (Å²) in [7, 11) is 0. The topological polar surface area (TPSA) is 68.5 Å². The van der Waals surface area contributed by atoms with Crippen LogP contribution >= 0.6 is 0 Å². The highest BCUT2D eigenvalue weighted by molar-refractivity contribution is 5.98. The van der Waals surface area contributed by atoms with Gasteiger partial charge in [0.15, 0.2) is 0 Å². The molecule has 1 aromatic carbocycles. The number of hydrogen-bond donors (Lipinski definition) is 1. The Bertz CT molecular complexity index is 763. The second-order valence-corrected chi connectivity index (χ2v) is 6.13. The molecule has 1 aromatic heterocycles. The molecule has 0 fully saturated rings. The highest BCUT2D eigenvalue weighted by Gasteiger charge is 2.20. The molecule has 0 bridgehead atoms. The summed E-state index contributed by atoms with van der Waals surface area (Å²) in [5.41, 5.74) is 1.75. The summed E-state index contributed by atoms with van der Waals surface area (Å²) in [4.78, 5) is 23.0. The lowest BCUT2D eigenvalue weighted by Gasteiger charge is -2.19. The number of carbonyl (C=O) groups excluding carboxylic acids is 1. The summed E-state index contributed by atoms with van der Waals surface area (Å²) in [6, 6.07) is 5.66. The van der Waals surface area contributed by atoms with Crippen LogP contribution in [0.15, 0.2) is 30.5 Å². The van der Waals surface area contributed by atoms with Crippen LogP contribution < -0.4 is 0 Å². The molecular weight excluding hydrogens is 282 g/mol. The minimum atomic E-state index is -1.04. The van der Waals surface area contributed by atoms with Crippen LogP contribution in [-0.2, 0) is 9.53 Å². The number of carbonyl (C=O) groups is 2. The van der Waals surface area contributed by atoms with E-state index in [4.69, 9.17) is 9.84 Å². The summed E-state index contributed by atoms with van der Waals surface area (Å²) < 4.78 is 6.81. The van der Waals surface area contributed by atoms with E-state index in [-0.39, 0.29) is 0 Å². The molecule has 0 atom stereocenters. The third-order valence-corrected chi connectivity index (χ3v) is 2.99. The zero-order valence-electron chi connectivity index (χ0n) is 13.1. The first-order valence-corrected chi connectivity index (χ1v) is 6.93. The molecule has 1 N–H and O–H groups in total. The van der Waals surface area contributed by atoms with Crippen LogP contribution in [0, 0.1) is 6.92 Å².